The lowest BCUT2D eigenvalue weighted by Crippen LogP contribution is -2.61. The molecule has 1 unspecified atom stereocenters. The number of hydrogen-bond donors (Lipinski definition) is 1. The molecule has 1 aromatic rings. The summed E-state index contributed by atoms with van der Waals surface area (Å²) in [4.78, 5) is 38.2. The Labute approximate surface area is 175 Å². The van der Waals surface area contributed by atoms with Gasteiger partial charge in [-0.1, -0.05) is 12.1 Å². The number of amides is 2. The number of rotatable bonds is 5. The maximum Gasteiger partial charge on any atom is 0.412 e. The number of sulfone groups is 1. The maximum absolute atomic E-state index is 13.0. The topological polar surface area (TPSA) is 134 Å². The molecule has 2 amide bonds. The molecule has 30 heavy (non-hydrogen) atoms. The van der Waals surface area contributed by atoms with Crippen LogP contribution in [0.1, 0.15) is 33.3 Å². The number of carbonyl (C=O) groups excluding carboxylic acids is 2. The number of carboxylic acids is 1. The quantitative estimate of drug-likeness (QED) is 0.732. The number of likely N-dealkylation sites (N-methyl/N-ethyl adjacent to an activating group) is 1. The zero-order valence-corrected chi connectivity index (χ0v) is 18.5. The van der Waals surface area contributed by atoms with Crippen molar-refractivity contribution in [2.75, 3.05) is 19.8 Å². The number of benzene rings is 1. The van der Waals surface area contributed by atoms with E-state index in [1.54, 1.807) is 20.8 Å². The molecule has 0 fully saturated rings. The largest absolute Gasteiger partial charge is 0.480 e. The Morgan fingerprint density at radius 3 is 2.20 bits per heavy atom. The first-order chi connectivity index (χ1) is 13.6. The standard InChI is InChI=1S/C19H25N3O7S/c1-18(2,3)29-17(26)22(11-14(23)24)19(4)15(20-21(5)16(19)25)12-7-9-13(10-8-12)30(6,27)28/h7-10H,11H2,1-6H3,(H,23,24). The van der Waals surface area contributed by atoms with E-state index in [1.807, 2.05) is 0 Å². The maximum atomic E-state index is 13.0. The van der Waals surface area contributed by atoms with Gasteiger partial charge in [0.1, 0.15) is 17.9 Å². The van der Waals surface area contributed by atoms with Gasteiger partial charge >= 0.3 is 12.1 Å². The van der Waals surface area contributed by atoms with Crippen molar-refractivity contribution in [1.82, 2.24) is 9.91 Å². The minimum atomic E-state index is -3.44. The Balaban J connectivity index is 2.59. The lowest BCUT2D eigenvalue weighted by Gasteiger charge is -2.37. The van der Waals surface area contributed by atoms with Gasteiger partial charge in [0, 0.05) is 18.9 Å². The molecule has 164 valence electrons. The van der Waals surface area contributed by atoms with Gasteiger partial charge in [0.05, 0.1) is 4.90 Å². The van der Waals surface area contributed by atoms with Crippen LogP contribution in [0.3, 0.4) is 0 Å². The number of aliphatic carboxylic acids is 1. The Morgan fingerprint density at radius 2 is 1.77 bits per heavy atom. The zero-order chi connectivity index (χ0) is 23.1. The van der Waals surface area contributed by atoms with Crippen molar-refractivity contribution in [3.05, 3.63) is 29.8 Å². The van der Waals surface area contributed by atoms with Gasteiger partial charge in [-0.2, -0.15) is 5.10 Å². The first kappa shape index (κ1) is 23.3. The molecular weight excluding hydrogens is 414 g/mol. The summed E-state index contributed by atoms with van der Waals surface area (Å²) in [6, 6.07) is 5.61. The van der Waals surface area contributed by atoms with Crippen LogP contribution in [0.2, 0.25) is 0 Å². The monoisotopic (exact) mass is 439 g/mol. The third kappa shape index (κ3) is 4.61. The number of nitrogens with zero attached hydrogens (tertiary/aromatic N) is 3. The number of ether oxygens (including phenoxy) is 1. The van der Waals surface area contributed by atoms with E-state index in [-0.39, 0.29) is 10.6 Å². The number of hydrazone groups is 1. The third-order valence-corrected chi connectivity index (χ3v) is 5.55. The summed E-state index contributed by atoms with van der Waals surface area (Å²) in [5, 5.41) is 14.6. The van der Waals surface area contributed by atoms with E-state index in [2.05, 4.69) is 5.10 Å². The average molecular weight is 439 g/mol. The highest BCUT2D eigenvalue weighted by molar-refractivity contribution is 7.90. The molecule has 0 aliphatic carbocycles. The Morgan fingerprint density at radius 1 is 1.23 bits per heavy atom. The van der Waals surface area contributed by atoms with E-state index in [0.29, 0.717) is 5.56 Å². The second kappa shape index (κ2) is 7.71. The van der Waals surface area contributed by atoms with Gasteiger partial charge in [-0.3, -0.25) is 14.5 Å². The van der Waals surface area contributed by atoms with E-state index in [0.717, 1.165) is 16.2 Å². The molecule has 0 radical (unpaired) electrons. The van der Waals surface area contributed by atoms with Crippen LogP contribution in [-0.4, -0.2) is 78.1 Å². The molecule has 2 rings (SSSR count). The molecular formula is C19H25N3O7S. The first-order valence-corrected chi connectivity index (χ1v) is 10.9. The highest BCUT2D eigenvalue weighted by atomic mass is 32.2. The number of carboxylic acid groups (broad SMARTS) is 1. The van der Waals surface area contributed by atoms with Crippen LogP contribution >= 0.6 is 0 Å². The van der Waals surface area contributed by atoms with Crippen molar-refractivity contribution >= 4 is 33.5 Å². The van der Waals surface area contributed by atoms with Gasteiger partial charge in [-0.25, -0.2) is 18.2 Å². The summed E-state index contributed by atoms with van der Waals surface area (Å²) in [7, 11) is -2.06. The van der Waals surface area contributed by atoms with E-state index in [1.165, 1.54) is 38.2 Å². The van der Waals surface area contributed by atoms with Gasteiger partial charge < -0.3 is 9.84 Å². The Hall–Kier alpha value is -2.95. The molecule has 0 bridgehead atoms. The molecule has 1 aromatic carbocycles. The van der Waals surface area contributed by atoms with Crippen molar-refractivity contribution < 1.29 is 32.6 Å². The van der Waals surface area contributed by atoms with Gasteiger partial charge in [0.2, 0.25) is 0 Å². The van der Waals surface area contributed by atoms with E-state index in [9.17, 15) is 27.9 Å². The van der Waals surface area contributed by atoms with Crippen LogP contribution in [0.5, 0.6) is 0 Å². The molecule has 1 N–H and O–H groups in total. The molecule has 1 aliphatic heterocycles. The van der Waals surface area contributed by atoms with Gasteiger partial charge in [0.15, 0.2) is 15.4 Å². The van der Waals surface area contributed by atoms with Crippen molar-refractivity contribution in [3.8, 4) is 0 Å². The molecule has 0 saturated heterocycles. The molecule has 11 heteroatoms. The second-order valence-corrected chi connectivity index (χ2v) is 10.1. The predicted molar refractivity (Wildman–Crippen MR) is 108 cm³/mol. The summed E-state index contributed by atoms with van der Waals surface area (Å²) in [5.41, 5.74) is -2.24. The predicted octanol–water partition coefficient (Wildman–Crippen LogP) is 1.35. The molecule has 0 saturated carbocycles. The van der Waals surface area contributed by atoms with Crippen molar-refractivity contribution in [3.63, 3.8) is 0 Å². The fourth-order valence-electron chi connectivity index (χ4n) is 3.01. The van der Waals surface area contributed by atoms with Gasteiger partial charge in [-0.15, -0.1) is 0 Å². The lowest BCUT2D eigenvalue weighted by atomic mass is 9.88. The van der Waals surface area contributed by atoms with E-state index < -0.39 is 45.5 Å². The summed E-state index contributed by atoms with van der Waals surface area (Å²) in [6.07, 6.45) is 0.0738. The minimum absolute atomic E-state index is 0.0702. The summed E-state index contributed by atoms with van der Waals surface area (Å²) < 4.78 is 28.8. The molecule has 1 aliphatic rings. The summed E-state index contributed by atoms with van der Waals surface area (Å²) in [5.74, 6) is -1.96. The SMILES string of the molecule is CN1N=C(c2ccc(S(C)(=O)=O)cc2)C(C)(N(CC(=O)O)C(=O)OC(C)(C)C)C1=O. The lowest BCUT2D eigenvalue weighted by molar-refractivity contribution is -0.142. The minimum Gasteiger partial charge on any atom is -0.480 e. The van der Waals surface area contributed by atoms with Crippen LogP contribution in [0.25, 0.3) is 0 Å². The fraction of sp³-hybridized carbons (Fsp3) is 0.474. The van der Waals surface area contributed by atoms with Gasteiger partial charge in [0.25, 0.3) is 5.91 Å². The van der Waals surface area contributed by atoms with E-state index >= 15 is 0 Å². The smallest absolute Gasteiger partial charge is 0.412 e. The summed E-state index contributed by atoms with van der Waals surface area (Å²) >= 11 is 0. The Kier molecular flexibility index (Phi) is 5.99. The van der Waals surface area contributed by atoms with Crippen LogP contribution in [0.4, 0.5) is 4.79 Å². The normalized spacial score (nSPS) is 19.5. The molecule has 1 atom stereocenters. The van der Waals surface area contributed by atoms with Crippen LogP contribution < -0.4 is 0 Å². The second-order valence-electron chi connectivity index (χ2n) is 8.11. The highest BCUT2D eigenvalue weighted by Crippen LogP contribution is 2.31. The van der Waals surface area contributed by atoms with Gasteiger partial charge in [-0.05, 0) is 39.8 Å². The molecule has 0 spiro atoms. The number of carbonyl (C=O) groups is 3. The van der Waals surface area contributed by atoms with Crippen LogP contribution in [-0.2, 0) is 24.2 Å². The molecule has 10 nitrogen and oxygen atoms in total. The molecule has 0 aromatic heterocycles. The fourth-order valence-corrected chi connectivity index (χ4v) is 3.64. The van der Waals surface area contributed by atoms with Crippen molar-refractivity contribution in [2.45, 2.75) is 43.7 Å². The molecule has 1 heterocycles. The first-order valence-electron chi connectivity index (χ1n) is 8.97. The Bertz CT molecular complexity index is 1010. The highest BCUT2D eigenvalue weighted by Gasteiger charge is 2.54. The van der Waals surface area contributed by atoms with Crippen molar-refractivity contribution in [2.24, 2.45) is 5.10 Å². The van der Waals surface area contributed by atoms with E-state index in [4.69, 9.17) is 4.74 Å². The third-order valence-electron chi connectivity index (χ3n) is 4.42. The zero-order valence-electron chi connectivity index (χ0n) is 17.7. The average Bonchev–Trinajstić information content (AvgIpc) is 2.82. The van der Waals surface area contributed by atoms with Crippen LogP contribution in [0, 0.1) is 0 Å². The number of hydrogen-bond acceptors (Lipinski definition) is 7. The van der Waals surface area contributed by atoms with Crippen molar-refractivity contribution in [1.29, 1.82) is 0 Å². The van der Waals surface area contributed by atoms with Crippen LogP contribution in [0.15, 0.2) is 34.3 Å². The summed E-state index contributed by atoms with van der Waals surface area (Å²) in [6.45, 7) is 5.44.